The Labute approximate surface area is 147 Å². The van der Waals surface area contributed by atoms with Crippen LogP contribution in [0.4, 0.5) is 13.2 Å². The first kappa shape index (κ1) is 21.0. The summed E-state index contributed by atoms with van der Waals surface area (Å²) in [5.41, 5.74) is 2.03. The first-order valence-electron chi connectivity index (χ1n) is 8.14. The molecule has 138 valence electrons. The van der Waals surface area contributed by atoms with Gasteiger partial charge in [0.25, 0.3) is 0 Å². The summed E-state index contributed by atoms with van der Waals surface area (Å²) in [5, 5.41) is 0. The van der Waals surface area contributed by atoms with Crippen LogP contribution in [0.3, 0.4) is 0 Å². The van der Waals surface area contributed by atoms with E-state index in [2.05, 4.69) is 19.9 Å². The first-order valence-corrected chi connectivity index (χ1v) is 8.14. The number of nitrogens with zero attached hydrogens (tertiary/aromatic N) is 4. The molecule has 1 heterocycles. The largest absolute Gasteiger partial charge is 0.389 e. The fourth-order valence-electron chi connectivity index (χ4n) is 2.06. The predicted molar refractivity (Wildman–Crippen MR) is 96.2 cm³/mol. The number of aromatic nitrogens is 1. The molecule has 4 nitrogen and oxygen atoms in total. The molecule has 0 fully saturated rings. The molecule has 0 radical (unpaired) electrons. The monoisotopic (exact) mass is 354 g/mol. The predicted octanol–water partition coefficient (Wildman–Crippen LogP) is 4.21. The van der Waals surface area contributed by atoms with Crippen molar-refractivity contribution < 1.29 is 13.2 Å². The van der Waals surface area contributed by atoms with Gasteiger partial charge in [0.05, 0.1) is 6.42 Å². The molecular formula is C18H25F3N4. The van der Waals surface area contributed by atoms with Crippen molar-refractivity contribution in [3.63, 3.8) is 0 Å². The Morgan fingerprint density at radius 2 is 2.04 bits per heavy atom. The van der Waals surface area contributed by atoms with Crippen molar-refractivity contribution in [1.29, 1.82) is 0 Å². The number of aryl methyl sites for hydroxylation is 1. The van der Waals surface area contributed by atoms with Crippen LogP contribution in [-0.2, 0) is 6.54 Å². The van der Waals surface area contributed by atoms with Gasteiger partial charge in [-0.25, -0.2) is 4.99 Å². The zero-order valence-corrected chi connectivity index (χ0v) is 14.9. The number of allylic oxidation sites excluding steroid dienone is 1. The van der Waals surface area contributed by atoms with Crippen LogP contribution < -0.4 is 0 Å². The van der Waals surface area contributed by atoms with Gasteiger partial charge in [-0.2, -0.15) is 13.2 Å². The number of halogens is 3. The standard InChI is InChI=1S/C18H25F3N4/c1-4-5-11-25(14-16-7-6-15(2)24-13-16)12-10-23-17(22-3)8-9-18(19,20)21/h4-7,10,13H,8-9,11-12,14H2,1-3H3/b5-4-,22-17?,23-10?. The van der Waals surface area contributed by atoms with Crippen LogP contribution in [0.25, 0.3) is 0 Å². The van der Waals surface area contributed by atoms with Crippen LogP contribution in [0.2, 0.25) is 0 Å². The summed E-state index contributed by atoms with van der Waals surface area (Å²) in [4.78, 5) is 14.3. The summed E-state index contributed by atoms with van der Waals surface area (Å²) in [5.74, 6) is 0.209. The highest BCUT2D eigenvalue weighted by molar-refractivity contribution is 5.89. The van der Waals surface area contributed by atoms with Gasteiger partial charge in [0.1, 0.15) is 5.84 Å². The highest BCUT2D eigenvalue weighted by atomic mass is 19.4. The summed E-state index contributed by atoms with van der Waals surface area (Å²) >= 11 is 0. The maximum atomic E-state index is 12.3. The zero-order chi connectivity index (χ0) is 18.7. The lowest BCUT2D eigenvalue weighted by atomic mass is 10.2. The number of aliphatic imine (C=N–C) groups is 2. The summed E-state index contributed by atoms with van der Waals surface area (Å²) in [6.07, 6.45) is 2.12. The maximum Gasteiger partial charge on any atom is 0.389 e. The smallest absolute Gasteiger partial charge is 0.290 e. The Balaban J connectivity index is 2.63. The number of rotatable bonds is 8. The van der Waals surface area contributed by atoms with Crippen LogP contribution in [0, 0.1) is 6.92 Å². The Morgan fingerprint density at radius 1 is 1.28 bits per heavy atom. The molecule has 25 heavy (non-hydrogen) atoms. The molecule has 7 heteroatoms. The molecule has 0 saturated carbocycles. The Morgan fingerprint density at radius 3 is 2.60 bits per heavy atom. The molecule has 1 aromatic heterocycles. The van der Waals surface area contributed by atoms with Gasteiger partial charge in [-0.05, 0) is 25.5 Å². The number of hydrogen-bond acceptors (Lipinski definition) is 3. The molecule has 0 spiro atoms. The topological polar surface area (TPSA) is 40.9 Å². The lowest BCUT2D eigenvalue weighted by Crippen LogP contribution is -2.25. The Bertz CT molecular complexity index is 589. The second-order valence-electron chi connectivity index (χ2n) is 5.64. The molecule has 0 amide bonds. The molecular weight excluding hydrogens is 329 g/mol. The number of alkyl halides is 3. The van der Waals surface area contributed by atoms with Gasteiger partial charge >= 0.3 is 6.18 Å². The zero-order valence-electron chi connectivity index (χ0n) is 14.9. The lowest BCUT2D eigenvalue weighted by molar-refractivity contribution is -0.132. The fourth-order valence-corrected chi connectivity index (χ4v) is 2.06. The molecule has 1 rings (SSSR count). The molecule has 0 aliphatic heterocycles. The molecule has 1 aromatic rings. The fraction of sp³-hybridized carbons (Fsp3) is 0.500. The van der Waals surface area contributed by atoms with Crippen molar-refractivity contribution in [3.8, 4) is 0 Å². The van der Waals surface area contributed by atoms with Crippen molar-refractivity contribution in [2.75, 3.05) is 20.1 Å². The third-order valence-electron chi connectivity index (χ3n) is 3.45. The van der Waals surface area contributed by atoms with Gasteiger partial charge in [-0.1, -0.05) is 18.2 Å². The second kappa shape index (κ2) is 10.8. The van der Waals surface area contributed by atoms with Crippen molar-refractivity contribution in [1.82, 2.24) is 9.88 Å². The van der Waals surface area contributed by atoms with Crippen LogP contribution >= 0.6 is 0 Å². The minimum atomic E-state index is -4.19. The van der Waals surface area contributed by atoms with Crippen molar-refractivity contribution in [2.24, 2.45) is 9.98 Å². The van der Waals surface area contributed by atoms with Gasteiger partial charge in [-0.3, -0.25) is 14.9 Å². The third-order valence-corrected chi connectivity index (χ3v) is 3.45. The first-order chi connectivity index (χ1) is 11.8. The van der Waals surface area contributed by atoms with Crippen LogP contribution in [0.1, 0.15) is 31.0 Å². The number of pyridine rings is 1. The highest BCUT2D eigenvalue weighted by Crippen LogP contribution is 2.21. The Hall–Kier alpha value is -2.02. The quantitative estimate of drug-likeness (QED) is 0.399. The van der Waals surface area contributed by atoms with Crippen molar-refractivity contribution in [3.05, 3.63) is 41.7 Å². The van der Waals surface area contributed by atoms with Gasteiger partial charge < -0.3 is 0 Å². The van der Waals surface area contributed by atoms with Crippen molar-refractivity contribution in [2.45, 2.75) is 39.4 Å². The van der Waals surface area contributed by atoms with Gasteiger partial charge in [0.15, 0.2) is 0 Å². The lowest BCUT2D eigenvalue weighted by Gasteiger charge is -2.18. The van der Waals surface area contributed by atoms with E-state index in [0.29, 0.717) is 13.1 Å². The van der Waals surface area contributed by atoms with Crippen molar-refractivity contribution >= 4 is 12.1 Å². The minimum absolute atomic E-state index is 0.201. The summed E-state index contributed by atoms with van der Waals surface area (Å²) in [6, 6.07) is 3.97. The molecule has 0 atom stereocenters. The summed E-state index contributed by atoms with van der Waals surface area (Å²) in [6.45, 7) is 5.80. The number of hydrogen-bond donors (Lipinski definition) is 0. The van der Waals surface area contributed by atoms with E-state index in [-0.39, 0.29) is 12.3 Å². The summed E-state index contributed by atoms with van der Waals surface area (Å²) < 4.78 is 36.9. The average Bonchev–Trinajstić information content (AvgIpc) is 2.56. The Kier molecular flexibility index (Phi) is 9.05. The molecule has 0 aliphatic carbocycles. The van der Waals surface area contributed by atoms with E-state index in [1.54, 1.807) is 6.21 Å². The molecule has 0 bridgehead atoms. The average molecular weight is 354 g/mol. The van der Waals surface area contributed by atoms with E-state index in [1.165, 1.54) is 7.05 Å². The van der Waals surface area contributed by atoms with E-state index in [9.17, 15) is 13.2 Å². The summed E-state index contributed by atoms with van der Waals surface area (Å²) in [7, 11) is 1.46. The van der Waals surface area contributed by atoms with Gasteiger partial charge in [0, 0.05) is 51.2 Å². The SMILES string of the molecule is C/C=C\CN(CC=NC(CCC(F)(F)F)=NC)Cc1ccc(C)nc1. The normalized spacial score (nSPS) is 13.5. The van der Waals surface area contributed by atoms with Crippen LogP contribution in [0.5, 0.6) is 0 Å². The highest BCUT2D eigenvalue weighted by Gasteiger charge is 2.27. The van der Waals surface area contributed by atoms with E-state index < -0.39 is 12.6 Å². The van der Waals surface area contributed by atoms with E-state index >= 15 is 0 Å². The van der Waals surface area contributed by atoms with Gasteiger partial charge in [-0.15, -0.1) is 0 Å². The van der Waals surface area contributed by atoms with Crippen LogP contribution in [0.15, 0.2) is 40.5 Å². The minimum Gasteiger partial charge on any atom is -0.290 e. The number of amidine groups is 1. The molecule has 0 aromatic carbocycles. The molecule has 0 N–H and O–H groups in total. The maximum absolute atomic E-state index is 12.3. The van der Waals surface area contributed by atoms with Crippen LogP contribution in [-0.4, -0.2) is 48.2 Å². The molecule has 0 aliphatic rings. The molecule has 0 unspecified atom stereocenters. The second-order valence-corrected chi connectivity index (χ2v) is 5.64. The molecule has 0 saturated heterocycles. The van der Waals surface area contributed by atoms with Gasteiger partial charge in [0.2, 0.25) is 0 Å². The van der Waals surface area contributed by atoms with E-state index in [4.69, 9.17) is 0 Å². The van der Waals surface area contributed by atoms with E-state index in [1.807, 2.05) is 44.3 Å². The third kappa shape index (κ3) is 9.76. The van der Waals surface area contributed by atoms with E-state index in [0.717, 1.165) is 17.8 Å².